The first-order valence-electron chi connectivity index (χ1n) is 5.32. The molecule has 0 radical (unpaired) electrons. The van der Waals surface area contributed by atoms with Crippen LogP contribution < -0.4 is 4.74 Å². The van der Waals surface area contributed by atoms with Gasteiger partial charge in [-0.3, -0.25) is 5.10 Å². The van der Waals surface area contributed by atoms with Crippen LogP contribution in [-0.4, -0.2) is 27.3 Å². The minimum atomic E-state index is 0.761. The predicted molar refractivity (Wildman–Crippen MR) is 65.0 cm³/mol. The Bertz CT molecular complexity index is 668. The van der Waals surface area contributed by atoms with E-state index in [1.807, 2.05) is 25.3 Å². The molecule has 3 aromatic heterocycles. The maximum Gasteiger partial charge on any atom is 0.146 e. The van der Waals surface area contributed by atoms with Gasteiger partial charge >= 0.3 is 0 Å². The number of aryl methyl sites for hydroxylation is 1. The zero-order chi connectivity index (χ0) is 11.8. The number of aromatic amines is 2. The van der Waals surface area contributed by atoms with Crippen LogP contribution in [-0.2, 0) is 0 Å². The van der Waals surface area contributed by atoms with E-state index in [0.29, 0.717) is 0 Å². The molecule has 0 spiro atoms. The molecule has 17 heavy (non-hydrogen) atoms. The molecule has 0 aliphatic heterocycles. The fourth-order valence-corrected chi connectivity index (χ4v) is 1.92. The van der Waals surface area contributed by atoms with E-state index in [1.165, 1.54) is 0 Å². The highest BCUT2D eigenvalue weighted by Crippen LogP contribution is 2.30. The summed E-state index contributed by atoms with van der Waals surface area (Å²) >= 11 is 0. The Morgan fingerprint density at radius 2 is 2.24 bits per heavy atom. The molecular formula is C12H12N4O. The molecule has 0 amide bonds. The van der Waals surface area contributed by atoms with Crippen molar-refractivity contribution in [1.82, 2.24) is 20.2 Å². The molecular weight excluding hydrogens is 216 g/mol. The SMILES string of the molecule is COc1cnc(-c2cc(C)[nH]n2)c2[nH]ccc12. The van der Waals surface area contributed by atoms with Crippen LogP contribution in [0.4, 0.5) is 0 Å². The summed E-state index contributed by atoms with van der Waals surface area (Å²) < 4.78 is 5.27. The lowest BCUT2D eigenvalue weighted by Crippen LogP contribution is -1.90. The molecule has 0 saturated carbocycles. The summed E-state index contributed by atoms with van der Waals surface area (Å²) in [5.74, 6) is 0.761. The minimum absolute atomic E-state index is 0.761. The van der Waals surface area contributed by atoms with E-state index < -0.39 is 0 Å². The van der Waals surface area contributed by atoms with Gasteiger partial charge in [0.1, 0.15) is 17.1 Å². The maximum absolute atomic E-state index is 5.27. The lowest BCUT2D eigenvalue weighted by atomic mass is 10.2. The fraction of sp³-hybridized carbons (Fsp3) is 0.167. The molecule has 3 aromatic rings. The number of ether oxygens (including phenoxy) is 1. The van der Waals surface area contributed by atoms with Crippen molar-refractivity contribution in [3.05, 3.63) is 30.2 Å². The van der Waals surface area contributed by atoms with Crippen molar-refractivity contribution in [2.75, 3.05) is 7.11 Å². The number of aromatic nitrogens is 4. The maximum atomic E-state index is 5.27. The van der Waals surface area contributed by atoms with Crippen molar-refractivity contribution in [1.29, 1.82) is 0 Å². The molecule has 3 rings (SSSR count). The summed E-state index contributed by atoms with van der Waals surface area (Å²) in [5, 5.41) is 8.15. The normalized spacial score (nSPS) is 10.9. The second-order valence-corrected chi connectivity index (χ2v) is 3.88. The Labute approximate surface area is 97.8 Å². The molecule has 5 nitrogen and oxygen atoms in total. The summed E-state index contributed by atoms with van der Waals surface area (Å²) in [6.45, 7) is 1.96. The molecule has 0 unspecified atom stereocenters. The third-order valence-corrected chi connectivity index (χ3v) is 2.73. The standard InChI is InChI=1S/C12H12N4O/c1-7-5-9(16-15-7)12-11-8(3-4-13-11)10(17-2)6-14-12/h3-6,13H,1-2H3,(H,15,16). The van der Waals surface area contributed by atoms with E-state index in [4.69, 9.17) is 4.74 Å². The van der Waals surface area contributed by atoms with Crippen LogP contribution >= 0.6 is 0 Å². The number of fused-ring (bicyclic) bond motifs is 1. The Morgan fingerprint density at radius 3 is 2.94 bits per heavy atom. The average molecular weight is 228 g/mol. The van der Waals surface area contributed by atoms with E-state index in [0.717, 1.165) is 33.7 Å². The molecule has 86 valence electrons. The molecule has 0 aliphatic carbocycles. The molecule has 5 heteroatoms. The van der Waals surface area contributed by atoms with Crippen LogP contribution in [0.15, 0.2) is 24.5 Å². The van der Waals surface area contributed by atoms with E-state index in [9.17, 15) is 0 Å². The number of hydrogen-bond acceptors (Lipinski definition) is 3. The summed E-state index contributed by atoms with van der Waals surface area (Å²) in [6, 6.07) is 3.94. The van der Waals surface area contributed by atoms with E-state index >= 15 is 0 Å². The average Bonchev–Trinajstić information content (AvgIpc) is 2.96. The Morgan fingerprint density at radius 1 is 1.35 bits per heavy atom. The molecule has 0 atom stereocenters. The second-order valence-electron chi connectivity index (χ2n) is 3.88. The quantitative estimate of drug-likeness (QED) is 0.707. The summed E-state index contributed by atoms with van der Waals surface area (Å²) in [6.07, 6.45) is 3.59. The van der Waals surface area contributed by atoms with Gasteiger partial charge in [0.25, 0.3) is 0 Å². The van der Waals surface area contributed by atoms with Crippen molar-refractivity contribution < 1.29 is 4.74 Å². The van der Waals surface area contributed by atoms with Gasteiger partial charge < -0.3 is 9.72 Å². The van der Waals surface area contributed by atoms with Crippen molar-refractivity contribution in [2.45, 2.75) is 6.92 Å². The summed E-state index contributed by atoms with van der Waals surface area (Å²) in [5.41, 5.74) is 3.61. The van der Waals surface area contributed by atoms with Crippen LogP contribution in [0.3, 0.4) is 0 Å². The van der Waals surface area contributed by atoms with Gasteiger partial charge in [0.2, 0.25) is 0 Å². The van der Waals surface area contributed by atoms with Crippen LogP contribution in [0.25, 0.3) is 22.3 Å². The van der Waals surface area contributed by atoms with Gasteiger partial charge in [-0.1, -0.05) is 0 Å². The Hall–Kier alpha value is -2.30. The first-order chi connectivity index (χ1) is 8.29. The molecule has 0 saturated heterocycles. The topological polar surface area (TPSA) is 66.6 Å². The fourth-order valence-electron chi connectivity index (χ4n) is 1.92. The van der Waals surface area contributed by atoms with Gasteiger partial charge in [-0.25, -0.2) is 4.98 Å². The van der Waals surface area contributed by atoms with Gasteiger partial charge in [0.15, 0.2) is 0 Å². The number of rotatable bonds is 2. The minimum Gasteiger partial charge on any atom is -0.494 e. The van der Waals surface area contributed by atoms with Crippen molar-refractivity contribution in [3.8, 4) is 17.1 Å². The Kier molecular flexibility index (Phi) is 2.11. The van der Waals surface area contributed by atoms with Gasteiger partial charge in [-0.2, -0.15) is 5.10 Å². The largest absolute Gasteiger partial charge is 0.494 e. The van der Waals surface area contributed by atoms with Crippen LogP contribution in [0.1, 0.15) is 5.69 Å². The highest BCUT2D eigenvalue weighted by atomic mass is 16.5. The monoisotopic (exact) mass is 228 g/mol. The Balaban J connectivity index is 2.27. The molecule has 2 N–H and O–H groups in total. The van der Waals surface area contributed by atoms with Gasteiger partial charge in [-0.05, 0) is 19.1 Å². The van der Waals surface area contributed by atoms with Crippen LogP contribution in [0.5, 0.6) is 5.75 Å². The van der Waals surface area contributed by atoms with Crippen molar-refractivity contribution >= 4 is 10.9 Å². The van der Waals surface area contributed by atoms with E-state index in [2.05, 4.69) is 20.2 Å². The molecule has 0 bridgehead atoms. The highest BCUT2D eigenvalue weighted by molar-refractivity contribution is 5.94. The summed E-state index contributed by atoms with van der Waals surface area (Å²) in [7, 11) is 1.64. The van der Waals surface area contributed by atoms with Crippen molar-refractivity contribution in [2.24, 2.45) is 0 Å². The number of H-pyrrole nitrogens is 2. The number of nitrogens with zero attached hydrogens (tertiary/aromatic N) is 2. The smallest absolute Gasteiger partial charge is 0.146 e. The van der Waals surface area contributed by atoms with Gasteiger partial charge in [-0.15, -0.1) is 0 Å². The number of pyridine rings is 1. The first kappa shape index (κ1) is 9.89. The van der Waals surface area contributed by atoms with E-state index in [-0.39, 0.29) is 0 Å². The highest BCUT2D eigenvalue weighted by Gasteiger charge is 2.12. The molecule has 0 fully saturated rings. The first-order valence-corrected chi connectivity index (χ1v) is 5.32. The van der Waals surface area contributed by atoms with Crippen LogP contribution in [0.2, 0.25) is 0 Å². The van der Waals surface area contributed by atoms with Crippen LogP contribution in [0, 0.1) is 6.92 Å². The molecule has 0 aromatic carbocycles. The molecule has 0 aliphatic rings. The predicted octanol–water partition coefficient (Wildman–Crippen LogP) is 2.27. The zero-order valence-electron chi connectivity index (χ0n) is 9.61. The van der Waals surface area contributed by atoms with Gasteiger partial charge in [0.05, 0.1) is 18.8 Å². The summed E-state index contributed by atoms with van der Waals surface area (Å²) in [4.78, 5) is 7.57. The number of nitrogens with one attached hydrogen (secondary N) is 2. The third-order valence-electron chi connectivity index (χ3n) is 2.73. The lowest BCUT2D eigenvalue weighted by molar-refractivity contribution is 0.418. The third kappa shape index (κ3) is 1.47. The number of methoxy groups -OCH3 is 1. The molecule has 3 heterocycles. The lowest BCUT2D eigenvalue weighted by Gasteiger charge is -2.03. The van der Waals surface area contributed by atoms with E-state index in [1.54, 1.807) is 13.3 Å². The van der Waals surface area contributed by atoms with Crippen molar-refractivity contribution in [3.63, 3.8) is 0 Å². The van der Waals surface area contributed by atoms with Gasteiger partial charge in [0, 0.05) is 17.3 Å². The zero-order valence-corrected chi connectivity index (χ0v) is 9.61. The number of hydrogen-bond donors (Lipinski definition) is 2. The second kappa shape index (κ2) is 3.62.